The van der Waals surface area contributed by atoms with Crippen molar-refractivity contribution in [2.75, 3.05) is 5.75 Å². The Kier molecular flexibility index (Phi) is 7.76. The summed E-state index contributed by atoms with van der Waals surface area (Å²) in [6.07, 6.45) is 8.57. The van der Waals surface area contributed by atoms with Crippen LogP contribution in [0.2, 0.25) is 0 Å². The van der Waals surface area contributed by atoms with E-state index in [9.17, 15) is 12.3 Å². The molecule has 0 atom stereocenters. The Morgan fingerprint density at radius 1 is 1.00 bits per heavy atom. The van der Waals surface area contributed by atoms with Gasteiger partial charge in [0.2, 0.25) is 0 Å². The van der Waals surface area contributed by atoms with Crippen molar-refractivity contribution in [1.82, 2.24) is 0 Å². The summed E-state index contributed by atoms with van der Waals surface area (Å²) in [4.78, 5) is 0. The third-order valence-corrected chi connectivity index (χ3v) is 2.82. The third-order valence-electron chi connectivity index (χ3n) is 2.05. The van der Waals surface area contributed by atoms with E-state index in [-0.39, 0.29) is 5.75 Å². The zero-order valence-corrected chi connectivity index (χ0v) is 9.36. The third kappa shape index (κ3) is 11.6. The highest BCUT2D eigenvalue weighted by Gasteiger charge is 2.05. The molecule has 0 aromatic carbocycles. The van der Waals surface area contributed by atoms with Crippen LogP contribution in [0.25, 0.3) is 0 Å². The molecule has 0 spiro atoms. The molecule has 84 valence electrons. The average molecular weight is 222 g/mol. The maximum absolute atomic E-state index is 12.0. The zero-order valence-electron chi connectivity index (χ0n) is 8.54. The van der Waals surface area contributed by atoms with E-state index in [4.69, 9.17) is 0 Å². The summed E-state index contributed by atoms with van der Waals surface area (Å²) < 4.78 is 32.3. The lowest BCUT2D eigenvalue weighted by Crippen LogP contribution is -1.97. The van der Waals surface area contributed by atoms with Gasteiger partial charge >= 0.3 is 10.2 Å². The van der Waals surface area contributed by atoms with Gasteiger partial charge in [-0.25, -0.2) is 0 Å². The van der Waals surface area contributed by atoms with E-state index in [0.29, 0.717) is 6.42 Å². The Morgan fingerprint density at radius 3 is 2.00 bits per heavy atom. The van der Waals surface area contributed by atoms with Crippen molar-refractivity contribution in [2.45, 2.75) is 44.9 Å². The molecular formula is C10H19FO2S. The van der Waals surface area contributed by atoms with E-state index in [2.05, 4.69) is 6.58 Å². The molecule has 0 fully saturated rings. The molecule has 0 aromatic rings. The summed E-state index contributed by atoms with van der Waals surface area (Å²) in [5.74, 6) is -0.320. The first-order chi connectivity index (χ1) is 6.56. The molecule has 0 bridgehead atoms. The maximum atomic E-state index is 12.0. The quantitative estimate of drug-likeness (QED) is 0.341. The molecule has 0 rings (SSSR count). The number of rotatable bonds is 9. The molecule has 0 aromatic heterocycles. The molecule has 0 N–H and O–H groups in total. The summed E-state index contributed by atoms with van der Waals surface area (Å²) in [7, 11) is -4.24. The van der Waals surface area contributed by atoms with Crippen molar-refractivity contribution in [1.29, 1.82) is 0 Å². The highest BCUT2D eigenvalue weighted by atomic mass is 32.3. The first-order valence-electron chi connectivity index (χ1n) is 5.09. The lowest BCUT2D eigenvalue weighted by Gasteiger charge is -1.98. The summed E-state index contributed by atoms with van der Waals surface area (Å²) in [6, 6.07) is 0. The first-order valence-corrected chi connectivity index (χ1v) is 6.65. The van der Waals surface area contributed by atoms with Crippen LogP contribution >= 0.6 is 0 Å². The molecular weight excluding hydrogens is 203 g/mol. The summed E-state index contributed by atoms with van der Waals surface area (Å²) in [5, 5.41) is 0. The van der Waals surface area contributed by atoms with Crippen LogP contribution in [0.15, 0.2) is 12.7 Å². The Labute approximate surface area is 86.4 Å². The van der Waals surface area contributed by atoms with Crippen molar-refractivity contribution < 1.29 is 12.3 Å². The predicted molar refractivity (Wildman–Crippen MR) is 57.4 cm³/mol. The van der Waals surface area contributed by atoms with Gasteiger partial charge in [0.15, 0.2) is 0 Å². The normalized spacial score (nSPS) is 11.5. The Morgan fingerprint density at radius 2 is 1.50 bits per heavy atom. The van der Waals surface area contributed by atoms with Crippen molar-refractivity contribution in [3.8, 4) is 0 Å². The van der Waals surface area contributed by atoms with E-state index in [0.717, 1.165) is 38.5 Å². The molecule has 0 radical (unpaired) electrons. The number of hydrogen-bond acceptors (Lipinski definition) is 2. The average Bonchev–Trinajstić information content (AvgIpc) is 2.08. The standard InChI is InChI=1S/C10H19FO2S/c1-2-3-4-5-6-7-8-9-10-14(11,12)13/h2H,1,3-10H2. The van der Waals surface area contributed by atoms with Gasteiger partial charge in [-0.15, -0.1) is 10.5 Å². The molecule has 0 saturated carbocycles. The van der Waals surface area contributed by atoms with Crippen molar-refractivity contribution >= 4 is 10.2 Å². The maximum Gasteiger partial charge on any atom is 0.302 e. The molecule has 0 saturated heterocycles. The Balaban J connectivity index is 3.10. The topological polar surface area (TPSA) is 34.1 Å². The van der Waals surface area contributed by atoms with E-state index < -0.39 is 10.2 Å². The molecule has 14 heavy (non-hydrogen) atoms. The van der Waals surface area contributed by atoms with E-state index in [1.165, 1.54) is 0 Å². The van der Waals surface area contributed by atoms with Crippen molar-refractivity contribution in [3.63, 3.8) is 0 Å². The summed E-state index contributed by atoms with van der Waals surface area (Å²) >= 11 is 0. The minimum atomic E-state index is -4.24. The largest absolute Gasteiger partial charge is 0.302 e. The molecule has 0 heterocycles. The number of halogens is 1. The molecule has 0 unspecified atom stereocenters. The van der Waals surface area contributed by atoms with E-state index >= 15 is 0 Å². The van der Waals surface area contributed by atoms with Gasteiger partial charge in [0, 0.05) is 0 Å². The number of unbranched alkanes of at least 4 members (excludes halogenated alkanes) is 6. The summed E-state index contributed by atoms with van der Waals surface area (Å²) in [6.45, 7) is 3.63. The minimum absolute atomic E-state index is 0.320. The van der Waals surface area contributed by atoms with Gasteiger partial charge in [0.25, 0.3) is 0 Å². The molecule has 4 heteroatoms. The molecule has 2 nitrogen and oxygen atoms in total. The first kappa shape index (κ1) is 13.6. The fraction of sp³-hybridized carbons (Fsp3) is 0.800. The van der Waals surface area contributed by atoms with Gasteiger partial charge in [-0.3, -0.25) is 0 Å². The van der Waals surface area contributed by atoms with Crippen LogP contribution in [-0.4, -0.2) is 14.2 Å². The number of hydrogen-bond donors (Lipinski definition) is 0. The van der Waals surface area contributed by atoms with Crippen molar-refractivity contribution in [2.24, 2.45) is 0 Å². The van der Waals surface area contributed by atoms with E-state index in [1.54, 1.807) is 0 Å². The Bertz CT molecular complexity index is 235. The smallest absolute Gasteiger partial charge is 0.195 e. The molecule has 0 aliphatic rings. The van der Waals surface area contributed by atoms with Crippen LogP contribution in [0.3, 0.4) is 0 Å². The Hall–Kier alpha value is -0.380. The van der Waals surface area contributed by atoms with Crippen LogP contribution in [-0.2, 0) is 10.2 Å². The van der Waals surface area contributed by atoms with Gasteiger partial charge < -0.3 is 0 Å². The molecule has 0 amide bonds. The van der Waals surface area contributed by atoms with Gasteiger partial charge in [0.05, 0.1) is 5.75 Å². The lowest BCUT2D eigenvalue weighted by molar-refractivity contribution is 0.543. The predicted octanol–water partition coefficient (Wildman–Crippen LogP) is 3.20. The van der Waals surface area contributed by atoms with Crippen LogP contribution in [0.4, 0.5) is 3.89 Å². The van der Waals surface area contributed by atoms with Gasteiger partial charge in [0.1, 0.15) is 0 Å². The van der Waals surface area contributed by atoms with Gasteiger partial charge in [-0.1, -0.05) is 31.8 Å². The van der Waals surface area contributed by atoms with E-state index in [1.807, 2.05) is 6.08 Å². The fourth-order valence-corrected chi connectivity index (χ4v) is 1.82. The second-order valence-electron chi connectivity index (χ2n) is 3.44. The monoisotopic (exact) mass is 222 g/mol. The minimum Gasteiger partial charge on any atom is -0.195 e. The second kappa shape index (κ2) is 7.97. The van der Waals surface area contributed by atoms with Gasteiger partial charge in [-0.05, 0) is 19.3 Å². The summed E-state index contributed by atoms with van der Waals surface area (Å²) in [5.41, 5.74) is 0. The second-order valence-corrected chi connectivity index (χ2v) is 4.93. The highest BCUT2D eigenvalue weighted by molar-refractivity contribution is 7.86. The van der Waals surface area contributed by atoms with Crippen LogP contribution < -0.4 is 0 Å². The molecule has 0 aliphatic heterocycles. The van der Waals surface area contributed by atoms with Crippen LogP contribution in [0, 0.1) is 0 Å². The van der Waals surface area contributed by atoms with Crippen LogP contribution in [0.5, 0.6) is 0 Å². The SMILES string of the molecule is C=CCCCCCCCCS(=O)(=O)F. The van der Waals surface area contributed by atoms with Gasteiger partial charge in [-0.2, -0.15) is 8.42 Å². The lowest BCUT2D eigenvalue weighted by atomic mass is 10.1. The molecule has 0 aliphatic carbocycles. The highest BCUT2D eigenvalue weighted by Crippen LogP contribution is 2.08. The zero-order chi connectivity index (χ0) is 10.9. The number of allylic oxidation sites excluding steroid dienone is 1. The van der Waals surface area contributed by atoms with Crippen LogP contribution in [0.1, 0.15) is 44.9 Å². The fourth-order valence-electron chi connectivity index (χ4n) is 1.27. The van der Waals surface area contributed by atoms with Crippen molar-refractivity contribution in [3.05, 3.63) is 12.7 Å².